The standard InChI is InChI=1S/C25H25N3O7/c1-3-35-25(31)23-21(14-10-11-20(34-2)19(30)12-14)22-17(8-5-9-18(22)29)27(24(23)26)15-6-4-7-16(13-15)28(32)33/h4,6-7,10-13,21,30H,3,5,8-9,26H2,1-2H3. The largest absolute Gasteiger partial charge is 0.504 e. The van der Waals surface area contributed by atoms with Crippen molar-refractivity contribution in [2.45, 2.75) is 32.1 Å². The average molecular weight is 479 g/mol. The fourth-order valence-electron chi connectivity index (χ4n) is 4.66. The number of ketones is 1. The Bertz CT molecular complexity index is 1280. The van der Waals surface area contributed by atoms with Crippen LogP contribution in [0.15, 0.2) is 65.1 Å². The van der Waals surface area contributed by atoms with Crippen LogP contribution < -0.4 is 15.4 Å². The van der Waals surface area contributed by atoms with Crippen LogP contribution in [-0.4, -0.2) is 35.5 Å². The van der Waals surface area contributed by atoms with Crippen molar-refractivity contribution >= 4 is 23.1 Å². The highest BCUT2D eigenvalue weighted by Crippen LogP contribution is 2.48. The van der Waals surface area contributed by atoms with Crippen LogP contribution in [0.5, 0.6) is 11.5 Å². The maximum absolute atomic E-state index is 13.3. The minimum atomic E-state index is -0.886. The highest BCUT2D eigenvalue weighted by molar-refractivity contribution is 6.05. The molecule has 35 heavy (non-hydrogen) atoms. The molecule has 10 nitrogen and oxygen atoms in total. The molecule has 1 heterocycles. The molecular formula is C25H25N3O7. The number of carbonyl (C=O) groups excluding carboxylic acids is 2. The van der Waals surface area contributed by atoms with Crippen molar-refractivity contribution in [3.05, 3.63) is 80.8 Å². The third kappa shape index (κ3) is 4.18. The first kappa shape index (κ1) is 23.8. The van der Waals surface area contributed by atoms with Crippen molar-refractivity contribution in [2.24, 2.45) is 5.73 Å². The summed E-state index contributed by atoms with van der Waals surface area (Å²) in [5.74, 6) is -1.68. The van der Waals surface area contributed by atoms with Gasteiger partial charge in [0, 0.05) is 29.8 Å². The predicted molar refractivity (Wildman–Crippen MR) is 127 cm³/mol. The van der Waals surface area contributed by atoms with E-state index in [9.17, 15) is 24.8 Å². The number of non-ortho nitro benzene ring substituents is 1. The third-order valence-electron chi connectivity index (χ3n) is 6.12. The lowest BCUT2D eigenvalue weighted by molar-refractivity contribution is -0.384. The lowest BCUT2D eigenvalue weighted by Gasteiger charge is -2.40. The molecule has 0 spiro atoms. The van der Waals surface area contributed by atoms with Gasteiger partial charge in [0.2, 0.25) is 0 Å². The van der Waals surface area contributed by atoms with Gasteiger partial charge >= 0.3 is 5.97 Å². The number of aromatic hydroxyl groups is 1. The van der Waals surface area contributed by atoms with E-state index in [0.29, 0.717) is 35.4 Å². The van der Waals surface area contributed by atoms with E-state index in [0.717, 1.165) is 0 Å². The van der Waals surface area contributed by atoms with Gasteiger partial charge in [-0.25, -0.2) is 4.79 Å². The Morgan fingerprint density at radius 3 is 2.69 bits per heavy atom. The van der Waals surface area contributed by atoms with Gasteiger partial charge in [-0.1, -0.05) is 12.1 Å². The van der Waals surface area contributed by atoms with Gasteiger partial charge in [0.05, 0.1) is 35.8 Å². The molecule has 2 aromatic rings. The van der Waals surface area contributed by atoms with Gasteiger partial charge in [0.1, 0.15) is 5.82 Å². The normalized spacial score (nSPS) is 17.8. The topological polar surface area (TPSA) is 145 Å². The van der Waals surface area contributed by atoms with Crippen LogP contribution in [0.4, 0.5) is 11.4 Å². The summed E-state index contributed by atoms with van der Waals surface area (Å²) in [6.45, 7) is 1.73. The van der Waals surface area contributed by atoms with E-state index in [2.05, 4.69) is 0 Å². The van der Waals surface area contributed by atoms with Crippen LogP contribution in [0.1, 0.15) is 37.7 Å². The molecule has 1 aliphatic carbocycles. The van der Waals surface area contributed by atoms with Crippen molar-refractivity contribution < 1.29 is 29.1 Å². The van der Waals surface area contributed by atoms with Gasteiger partial charge in [-0.3, -0.25) is 19.8 Å². The summed E-state index contributed by atoms with van der Waals surface area (Å²) in [6.07, 6.45) is 1.31. The number of carbonyl (C=O) groups is 2. The fraction of sp³-hybridized carbons (Fsp3) is 0.280. The molecule has 1 unspecified atom stereocenters. The molecule has 2 aromatic carbocycles. The SMILES string of the molecule is CCOC(=O)C1=C(N)N(c2cccc([N+](=O)[O-])c2)C2=C(C(=O)CCC2)C1c1ccc(OC)c(O)c1. The maximum atomic E-state index is 13.3. The van der Waals surface area contributed by atoms with E-state index >= 15 is 0 Å². The van der Waals surface area contributed by atoms with Crippen LogP contribution in [0.2, 0.25) is 0 Å². The molecule has 0 fully saturated rings. The zero-order chi connectivity index (χ0) is 25.3. The Hall–Kier alpha value is -4.34. The quantitative estimate of drug-likeness (QED) is 0.360. The predicted octanol–water partition coefficient (Wildman–Crippen LogP) is 3.65. The first-order valence-electron chi connectivity index (χ1n) is 11.1. The Balaban J connectivity index is 2.00. The Kier molecular flexibility index (Phi) is 6.46. The van der Waals surface area contributed by atoms with Crippen molar-refractivity contribution in [2.75, 3.05) is 18.6 Å². The number of hydrogen-bond acceptors (Lipinski definition) is 9. The number of hydrogen-bond donors (Lipinski definition) is 2. The van der Waals surface area contributed by atoms with Crippen LogP contribution in [0, 0.1) is 10.1 Å². The number of phenols is 1. The van der Waals surface area contributed by atoms with Crippen LogP contribution >= 0.6 is 0 Å². The third-order valence-corrected chi connectivity index (χ3v) is 6.12. The number of methoxy groups -OCH3 is 1. The van der Waals surface area contributed by atoms with Crippen LogP contribution in [0.3, 0.4) is 0 Å². The smallest absolute Gasteiger partial charge is 0.338 e. The number of allylic oxidation sites excluding steroid dienone is 2. The molecule has 182 valence electrons. The minimum Gasteiger partial charge on any atom is -0.504 e. The van der Waals surface area contributed by atoms with Crippen molar-refractivity contribution in [1.82, 2.24) is 0 Å². The molecule has 10 heteroatoms. The molecule has 0 aromatic heterocycles. The number of rotatable bonds is 6. The number of nitro groups is 1. The number of nitrogens with two attached hydrogens (primary N) is 1. The molecule has 3 N–H and O–H groups in total. The number of benzene rings is 2. The molecule has 2 aliphatic rings. The van der Waals surface area contributed by atoms with E-state index in [4.69, 9.17) is 15.2 Å². The zero-order valence-corrected chi connectivity index (χ0v) is 19.3. The van der Waals surface area contributed by atoms with Gasteiger partial charge in [-0.2, -0.15) is 0 Å². The lowest BCUT2D eigenvalue weighted by atomic mass is 9.75. The number of phenolic OH excluding ortho intramolecular Hbond substituents is 1. The molecule has 1 aliphatic heterocycles. The van der Waals surface area contributed by atoms with Crippen LogP contribution in [0.25, 0.3) is 0 Å². The average Bonchev–Trinajstić information content (AvgIpc) is 2.83. The van der Waals surface area contributed by atoms with Crippen molar-refractivity contribution in [3.63, 3.8) is 0 Å². The van der Waals surface area contributed by atoms with Crippen molar-refractivity contribution in [3.8, 4) is 11.5 Å². The lowest BCUT2D eigenvalue weighted by Crippen LogP contribution is -2.41. The number of Topliss-reactive ketones (excluding diaryl/α,β-unsaturated/α-hetero) is 1. The van der Waals surface area contributed by atoms with Crippen molar-refractivity contribution in [1.29, 1.82) is 0 Å². The summed E-state index contributed by atoms with van der Waals surface area (Å²) >= 11 is 0. The highest BCUT2D eigenvalue weighted by atomic mass is 16.6. The fourth-order valence-corrected chi connectivity index (χ4v) is 4.66. The van der Waals surface area contributed by atoms with Gasteiger partial charge in [-0.05, 0) is 43.5 Å². The summed E-state index contributed by atoms with van der Waals surface area (Å²) in [5.41, 5.74) is 8.20. The number of anilines is 1. The van der Waals surface area contributed by atoms with E-state index < -0.39 is 16.8 Å². The molecule has 0 saturated heterocycles. The van der Waals surface area contributed by atoms with E-state index in [1.807, 2.05) is 0 Å². The molecule has 4 rings (SSSR count). The van der Waals surface area contributed by atoms with Gasteiger partial charge in [-0.15, -0.1) is 0 Å². The van der Waals surface area contributed by atoms with Gasteiger partial charge in [0.25, 0.3) is 5.69 Å². The zero-order valence-electron chi connectivity index (χ0n) is 19.3. The summed E-state index contributed by atoms with van der Waals surface area (Å²) < 4.78 is 10.4. The molecule has 0 saturated carbocycles. The highest BCUT2D eigenvalue weighted by Gasteiger charge is 2.43. The second-order valence-electron chi connectivity index (χ2n) is 8.13. The van der Waals surface area contributed by atoms with E-state index in [1.54, 1.807) is 25.1 Å². The molecular weight excluding hydrogens is 454 g/mol. The maximum Gasteiger partial charge on any atom is 0.338 e. The van der Waals surface area contributed by atoms with Gasteiger partial charge < -0.3 is 20.3 Å². The summed E-state index contributed by atoms with van der Waals surface area (Å²) in [6, 6.07) is 10.5. The first-order chi connectivity index (χ1) is 16.8. The minimum absolute atomic E-state index is 0.0118. The second-order valence-corrected chi connectivity index (χ2v) is 8.13. The molecule has 0 radical (unpaired) electrons. The van der Waals surface area contributed by atoms with Gasteiger partial charge in [0.15, 0.2) is 17.3 Å². The molecule has 0 bridgehead atoms. The van der Waals surface area contributed by atoms with Crippen LogP contribution in [-0.2, 0) is 14.3 Å². The summed E-state index contributed by atoms with van der Waals surface area (Å²) in [4.78, 5) is 38.9. The summed E-state index contributed by atoms with van der Waals surface area (Å²) in [7, 11) is 1.42. The number of ether oxygens (including phenoxy) is 2. The Morgan fingerprint density at radius 1 is 1.26 bits per heavy atom. The van der Waals surface area contributed by atoms with E-state index in [1.165, 1.54) is 36.3 Å². The number of esters is 1. The first-order valence-corrected chi connectivity index (χ1v) is 11.1. The second kappa shape index (κ2) is 9.49. The Labute approximate surface area is 201 Å². The monoisotopic (exact) mass is 479 g/mol. The number of nitro benzene ring substituents is 1. The molecule has 1 atom stereocenters. The molecule has 0 amide bonds. The van der Waals surface area contributed by atoms with E-state index in [-0.39, 0.29) is 47.4 Å². The summed E-state index contributed by atoms with van der Waals surface area (Å²) in [5, 5.41) is 21.8. The number of nitrogens with zero attached hydrogens (tertiary/aromatic N) is 2. The Morgan fingerprint density at radius 2 is 2.03 bits per heavy atom.